The maximum absolute atomic E-state index is 6.15. The lowest BCUT2D eigenvalue weighted by Crippen LogP contribution is -2.44. The van der Waals surface area contributed by atoms with Gasteiger partial charge < -0.3 is 15.2 Å². The second-order valence-electron chi connectivity index (χ2n) is 5.07. The van der Waals surface area contributed by atoms with Crippen molar-refractivity contribution in [3.05, 3.63) is 28.8 Å². The largest absolute Gasteiger partial charge is 0.491 e. The van der Waals surface area contributed by atoms with Gasteiger partial charge in [0, 0.05) is 11.5 Å². The zero-order valence-corrected chi connectivity index (χ0v) is 11.0. The minimum absolute atomic E-state index is 0.0147. The minimum atomic E-state index is -0.0147. The molecule has 17 heavy (non-hydrogen) atoms. The molecule has 1 atom stereocenters. The van der Waals surface area contributed by atoms with Crippen molar-refractivity contribution in [2.24, 2.45) is 11.1 Å². The maximum atomic E-state index is 6.15. The molecule has 1 aliphatic rings. The van der Waals surface area contributed by atoms with Crippen LogP contribution < -0.4 is 10.5 Å². The van der Waals surface area contributed by atoms with E-state index in [2.05, 4.69) is 6.92 Å². The van der Waals surface area contributed by atoms with Gasteiger partial charge in [0.05, 0.1) is 24.8 Å². The second kappa shape index (κ2) is 4.84. The molecule has 4 heteroatoms. The average Bonchev–Trinajstić information content (AvgIpc) is 2.24. The van der Waals surface area contributed by atoms with Crippen LogP contribution in [0, 0.1) is 5.41 Å². The highest BCUT2D eigenvalue weighted by Gasteiger charge is 2.34. The van der Waals surface area contributed by atoms with Crippen molar-refractivity contribution in [3.8, 4) is 5.75 Å². The van der Waals surface area contributed by atoms with Gasteiger partial charge in [-0.3, -0.25) is 0 Å². The van der Waals surface area contributed by atoms with Crippen LogP contribution in [0.3, 0.4) is 0 Å². The molecule has 3 nitrogen and oxygen atoms in total. The fourth-order valence-corrected chi connectivity index (χ4v) is 1.95. The van der Waals surface area contributed by atoms with Crippen LogP contribution in [-0.4, -0.2) is 19.8 Å². The Labute approximate surface area is 107 Å². The Hall–Kier alpha value is -0.770. The number of halogens is 1. The van der Waals surface area contributed by atoms with Crippen molar-refractivity contribution in [1.82, 2.24) is 0 Å². The van der Waals surface area contributed by atoms with E-state index < -0.39 is 0 Å². The third-order valence-electron chi connectivity index (χ3n) is 2.96. The first-order chi connectivity index (χ1) is 8.00. The summed E-state index contributed by atoms with van der Waals surface area (Å²) in [4.78, 5) is 0. The van der Waals surface area contributed by atoms with Crippen LogP contribution in [0.2, 0.25) is 5.02 Å². The van der Waals surface area contributed by atoms with Crippen molar-refractivity contribution in [1.29, 1.82) is 0 Å². The number of hydrogen-bond donors (Lipinski definition) is 1. The number of nitrogens with two attached hydrogens (primary N) is 1. The normalized spacial score (nSPS) is 19.5. The fraction of sp³-hybridized carbons (Fsp3) is 0.538. The Morgan fingerprint density at radius 3 is 2.71 bits per heavy atom. The predicted octanol–water partition coefficient (Wildman–Crippen LogP) is 2.78. The summed E-state index contributed by atoms with van der Waals surface area (Å²) in [5.41, 5.74) is 6.93. The van der Waals surface area contributed by atoms with E-state index in [1.807, 2.05) is 25.1 Å². The predicted molar refractivity (Wildman–Crippen MR) is 68.5 cm³/mol. The third kappa shape index (κ3) is 2.92. The molecule has 1 aromatic rings. The summed E-state index contributed by atoms with van der Waals surface area (Å²) in [6, 6.07) is 5.68. The fourth-order valence-electron chi connectivity index (χ4n) is 1.70. The molecular formula is C13H18ClNO2. The van der Waals surface area contributed by atoms with Crippen LogP contribution in [0.4, 0.5) is 0 Å². The molecule has 2 rings (SSSR count). The molecule has 0 amide bonds. The zero-order chi connectivity index (χ0) is 12.5. The highest BCUT2D eigenvalue weighted by molar-refractivity contribution is 6.32. The summed E-state index contributed by atoms with van der Waals surface area (Å²) in [6.07, 6.45) is 0. The Bertz CT molecular complexity index is 402. The summed E-state index contributed by atoms with van der Waals surface area (Å²) in [5.74, 6) is 0.712. The Kier molecular flexibility index (Phi) is 3.61. The Morgan fingerprint density at radius 1 is 1.53 bits per heavy atom. The minimum Gasteiger partial charge on any atom is -0.491 e. The summed E-state index contributed by atoms with van der Waals surface area (Å²) in [5, 5.41) is 0.614. The molecule has 1 unspecified atom stereocenters. The van der Waals surface area contributed by atoms with Gasteiger partial charge in [0.1, 0.15) is 5.75 Å². The quantitative estimate of drug-likeness (QED) is 0.900. The lowest BCUT2D eigenvalue weighted by Gasteiger charge is -2.37. The van der Waals surface area contributed by atoms with Gasteiger partial charge in [0.25, 0.3) is 0 Å². The zero-order valence-electron chi connectivity index (χ0n) is 10.2. The number of rotatable bonds is 4. The topological polar surface area (TPSA) is 44.5 Å². The van der Waals surface area contributed by atoms with E-state index in [0.29, 0.717) is 17.4 Å². The van der Waals surface area contributed by atoms with Gasteiger partial charge in [-0.05, 0) is 24.6 Å². The van der Waals surface area contributed by atoms with Gasteiger partial charge in [-0.15, -0.1) is 0 Å². The molecular weight excluding hydrogens is 238 g/mol. The Balaban J connectivity index is 2.01. The molecule has 0 radical (unpaired) electrons. The first-order valence-corrected chi connectivity index (χ1v) is 6.14. The van der Waals surface area contributed by atoms with Crippen molar-refractivity contribution in [3.63, 3.8) is 0 Å². The van der Waals surface area contributed by atoms with Gasteiger partial charge in [0.15, 0.2) is 0 Å². The lowest BCUT2D eigenvalue weighted by molar-refractivity contribution is -0.120. The molecule has 1 fully saturated rings. The Morgan fingerprint density at radius 2 is 2.24 bits per heavy atom. The summed E-state index contributed by atoms with van der Waals surface area (Å²) >= 11 is 6.15. The highest BCUT2D eigenvalue weighted by Crippen LogP contribution is 2.31. The van der Waals surface area contributed by atoms with E-state index in [1.54, 1.807) is 0 Å². The van der Waals surface area contributed by atoms with E-state index in [-0.39, 0.29) is 11.5 Å². The molecule has 0 bridgehead atoms. The third-order valence-corrected chi connectivity index (χ3v) is 3.25. The molecule has 2 N–H and O–H groups in total. The van der Waals surface area contributed by atoms with Gasteiger partial charge in [-0.1, -0.05) is 24.6 Å². The van der Waals surface area contributed by atoms with Gasteiger partial charge in [-0.2, -0.15) is 0 Å². The monoisotopic (exact) mass is 255 g/mol. The van der Waals surface area contributed by atoms with Crippen molar-refractivity contribution in [2.45, 2.75) is 19.9 Å². The molecule has 0 spiro atoms. The van der Waals surface area contributed by atoms with Crippen molar-refractivity contribution < 1.29 is 9.47 Å². The molecule has 1 aromatic carbocycles. The first-order valence-electron chi connectivity index (χ1n) is 5.76. The molecule has 1 heterocycles. The SMILES string of the molecule is CC(N)c1ccc(OCC2(C)COC2)c(Cl)c1. The van der Waals surface area contributed by atoms with Gasteiger partial charge in [0.2, 0.25) is 0 Å². The molecule has 94 valence electrons. The highest BCUT2D eigenvalue weighted by atomic mass is 35.5. The number of benzene rings is 1. The van der Waals surface area contributed by atoms with Crippen molar-refractivity contribution >= 4 is 11.6 Å². The van der Waals surface area contributed by atoms with Gasteiger partial charge >= 0.3 is 0 Å². The molecule has 0 aromatic heterocycles. The molecule has 0 aliphatic carbocycles. The average molecular weight is 256 g/mol. The first kappa shape index (κ1) is 12.7. The number of ether oxygens (including phenoxy) is 2. The standard InChI is InChI=1S/C13H18ClNO2/c1-9(15)10-3-4-12(11(14)5-10)17-8-13(2)6-16-7-13/h3-5,9H,6-8,15H2,1-2H3. The van der Waals surface area contributed by atoms with E-state index in [1.165, 1.54) is 0 Å². The van der Waals surface area contributed by atoms with Crippen molar-refractivity contribution in [2.75, 3.05) is 19.8 Å². The smallest absolute Gasteiger partial charge is 0.137 e. The van der Waals surface area contributed by atoms with E-state index in [9.17, 15) is 0 Å². The van der Waals surface area contributed by atoms with Crippen LogP contribution in [0.25, 0.3) is 0 Å². The lowest BCUT2D eigenvalue weighted by atomic mass is 9.90. The molecule has 1 saturated heterocycles. The van der Waals surface area contributed by atoms with Crippen LogP contribution in [0.1, 0.15) is 25.5 Å². The summed E-state index contributed by atoms with van der Waals surface area (Å²) in [7, 11) is 0. The number of hydrogen-bond acceptors (Lipinski definition) is 3. The van der Waals surface area contributed by atoms with E-state index >= 15 is 0 Å². The van der Waals surface area contributed by atoms with Crippen LogP contribution in [0.15, 0.2) is 18.2 Å². The van der Waals surface area contributed by atoms with Crippen LogP contribution in [-0.2, 0) is 4.74 Å². The summed E-state index contributed by atoms with van der Waals surface area (Å²) < 4.78 is 10.9. The molecule has 0 saturated carbocycles. The second-order valence-corrected chi connectivity index (χ2v) is 5.48. The molecule has 1 aliphatic heterocycles. The van der Waals surface area contributed by atoms with E-state index in [4.69, 9.17) is 26.8 Å². The van der Waals surface area contributed by atoms with Crippen LogP contribution >= 0.6 is 11.6 Å². The summed E-state index contributed by atoms with van der Waals surface area (Å²) in [6.45, 7) is 6.20. The van der Waals surface area contributed by atoms with Gasteiger partial charge in [-0.25, -0.2) is 0 Å². The van der Waals surface area contributed by atoms with Crippen LogP contribution in [0.5, 0.6) is 5.75 Å². The van der Waals surface area contributed by atoms with E-state index in [0.717, 1.165) is 18.8 Å². The maximum Gasteiger partial charge on any atom is 0.137 e.